The van der Waals surface area contributed by atoms with E-state index in [1.165, 1.54) is 11.5 Å². The Morgan fingerprint density at radius 2 is 2.44 bits per heavy atom. The van der Waals surface area contributed by atoms with Gasteiger partial charge in [-0.25, -0.2) is 0 Å². The molecule has 2 heterocycles. The number of nitrogens with one attached hydrogen (secondary N) is 1. The van der Waals surface area contributed by atoms with Gasteiger partial charge >= 0.3 is 0 Å². The van der Waals surface area contributed by atoms with Crippen LogP contribution in [-0.4, -0.2) is 32.5 Å². The summed E-state index contributed by atoms with van der Waals surface area (Å²) in [6.07, 6.45) is 4.45. The van der Waals surface area contributed by atoms with Crippen molar-refractivity contribution in [2.24, 2.45) is 0 Å². The predicted molar refractivity (Wildman–Crippen MR) is 70.8 cm³/mol. The second-order valence-electron chi connectivity index (χ2n) is 3.61. The molecule has 8 heteroatoms. The Bertz CT molecular complexity index is 469. The summed E-state index contributed by atoms with van der Waals surface area (Å²) in [7, 11) is 0. The van der Waals surface area contributed by atoms with Crippen LogP contribution in [0.1, 0.15) is 13.3 Å². The van der Waals surface area contributed by atoms with Crippen molar-refractivity contribution >= 4 is 22.4 Å². The largest absolute Gasteiger partial charge is 0.487 e. The molecule has 0 spiro atoms. The van der Waals surface area contributed by atoms with Crippen LogP contribution < -0.4 is 15.8 Å². The van der Waals surface area contributed by atoms with E-state index in [0.29, 0.717) is 18.2 Å². The Hall–Kier alpha value is -1.83. The SMILES string of the molecule is CCOc1c(N)nsc1NCCCn1ccnn1. The lowest BCUT2D eigenvalue weighted by atomic mass is 10.4. The highest BCUT2D eigenvalue weighted by Gasteiger charge is 2.11. The molecule has 0 aliphatic rings. The van der Waals surface area contributed by atoms with Crippen LogP contribution in [0.25, 0.3) is 0 Å². The third kappa shape index (κ3) is 3.10. The lowest BCUT2D eigenvalue weighted by Gasteiger charge is -2.07. The third-order valence-electron chi connectivity index (χ3n) is 2.28. The van der Waals surface area contributed by atoms with Gasteiger partial charge in [-0.2, -0.15) is 4.37 Å². The molecule has 98 valence electrons. The van der Waals surface area contributed by atoms with Crippen LogP contribution in [-0.2, 0) is 6.54 Å². The zero-order valence-electron chi connectivity index (χ0n) is 10.2. The Balaban J connectivity index is 1.79. The number of hydrogen-bond acceptors (Lipinski definition) is 7. The maximum Gasteiger partial charge on any atom is 0.197 e. The van der Waals surface area contributed by atoms with Gasteiger partial charge in [0.2, 0.25) is 0 Å². The number of ether oxygens (including phenoxy) is 1. The van der Waals surface area contributed by atoms with Gasteiger partial charge in [-0.15, -0.1) is 5.10 Å². The summed E-state index contributed by atoms with van der Waals surface area (Å²) in [4.78, 5) is 0. The number of anilines is 2. The van der Waals surface area contributed by atoms with Gasteiger partial charge in [0.05, 0.1) is 12.8 Å². The molecule has 0 saturated heterocycles. The number of aryl methyl sites for hydroxylation is 1. The van der Waals surface area contributed by atoms with Crippen molar-refractivity contribution in [3.05, 3.63) is 12.4 Å². The van der Waals surface area contributed by atoms with Crippen LogP contribution in [0.2, 0.25) is 0 Å². The minimum atomic E-state index is 0.445. The number of hydrogen-bond donors (Lipinski definition) is 2. The van der Waals surface area contributed by atoms with Gasteiger partial charge in [0.25, 0.3) is 0 Å². The minimum Gasteiger partial charge on any atom is -0.487 e. The first kappa shape index (κ1) is 12.6. The summed E-state index contributed by atoms with van der Waals surface area (Å²) in [6.45, 7) is 4.13. The quantitative estimate of drug-likeness (QED) is 0.734. The van der Waals surface area contributed by atoms with E-state index in [1.54, 1.807) is 10.9 Å². The molecule has 18 heavy (non-hydrogen) atoms. The molecule has 0 aliphatic heterocycles. The molecule has 2 aromatic rings. The Labute approximate surface area is 109 Å². The van der Waals surface area contributed by atoms with Crippen molar-refractivity contribution < 1.29 is 4.74 Å². The summed E-state index contributed by atoms with van der Waals surface area (Å²) >= 11 is 1.32. The van der Waals surface area contributed by atoms with Crippen LogP contribution in [0.4, 0.5) is 10.8 Å². The molecule has 0 fully saturated rings. The number of rotatable bonds is 7. The molecule has 0 atom stereocenters. The fourth-order valence-electron chi connectivity index (χ4n) is 1.49. The van der Waals surface area contributed by atoms with E-state index in [0.717, 1.165) is 24.5 Å². The molecule has 2 rings (SSSR count). The van der Waals surface area contributed by atoms with Gasteiger partial charge in [0.15, 0.2) is 16.6 Å². The fraction of sp³-hybridized carbons (Fsp3) is 0.500. The minimum absolute atomic E-state index is 0.445. The molecule has 0 amide bonds. The van der Waals surface area contributed by atoms with Crippen LogP contribution in [0.5, 0.6) is 5.75 Å². The van der Waals surface area contributed by atoms with E-state index in [-0.39, 0.29) is 0 Å². The van der Waals surface area contributed by atoms with Gasteiger partial charge in [-0.05, 0) is 24.9 Å². The van der Waals surface area contributed by atoms with Crippen molar-refractivity contribution in [3.63, 3.8) is 0 Å². The molecule has 2 aromatic heterocycles. The highest BCUT2D eigenvalue weighted by molar-refractivity contribution is 7.11. The average molecular weight is 268 g/mol. The van der Waals surface area contributed by atoms with E-state index in [4.69, 9.17) is 10.5 Å². The second kappa shape index (κ2) is 6.20. The van der Waals surface area contributed by atoms with Crippen LogP contribution in [0.15, 0.2) is 12.4 Å². The van der Waals surface area contributed by atoms with Crippen molar-refractivity contribution in [1.82, 2.24) is 19.4 Å². The first-order valence-electron chi connectivity index (χ1n) is 5.77. The van der Waals surface area contributed by atoms with E-state index in [1.807, 2.05) is 13.1 Å². The zero-order chi connectivity index (χ0) is 12.8. The van der Waals surface area contributed by atoms with E-state index < -0.39 is 0 Å². The van der Waals surface area contributed by atoms with Crippen molar-refractivity contribution in [3.8, 4) is 5.75 Å². The summed E-state index contributed by atoms with van der Waals surface area (Å²) in [5.74, 6) is 1.10. The normalized spacial score (nSPS) is 10.5. The fourth-order valence-corrected chi connectivity index (χ4v) is 2.17. The molecule has 7 nitrogen and oxygen atoms in total. The maximum absolute atomic E-state index is 5.72. The smallest absolute Gasteiger partial charge is 0.197 e. The monoisotopic (exact) mass is 268 g/mol. The molecule has 0 radical (unpaired) electrons. The number of aromatic nitrogens is 4. The lowest BCUT2D eigenvalue weighted by molar-refractivity contribution is 0.344. The van der Waals surface area contributed by atoms with Gasteiger partial charge in [-0.1, -0.05) is 5.21 Å². The average Bonchev–Trinajstić information content (AvgIpc) is 2.98. The van der Waals surface area contributed by atoms with E-state index >= 15 is 0 Å². The highest BCUT2D eigenvalue weighted by atomic mass is 32.1. The topological polar surface area (TPSA) is 90.9 Å². The van der Waals surface area contributed by atoms with E-state index in [2.05, 4.69) is 20.0 Å². The highest BCUT2D eigenvalue weighted by Crippen LogP contribution is 2.34. The lowest BCUT2D eigenvalue weighted by Crippen LogP contribution is -2.07. The van der Waals surface area contributed by atoms with Crippen LogP contribution >= 0.6 is 11.5 Å². The number of nitrogens with zero attached hydrogens (tertiary/aromatic N) is 4. The van der Waals surface area contributed by atoms with Gasteiger partial charge in [-0.3, -0.25) is 4.68 Å². The zero-order valence-corrected chi connectivity index (χ0v) is 11.0. The molecule has 3 N–H and O–H groups in total. The van der Waals surface area contributed by atoms with Crippen molar-refractivity contribution in [2.45, 2.75) is 19.9 Å². The summed E-state index contributed by atoms with van der Waals surface area (Å²) < 4.78 is 11.3. The standard InChI is InChI=1S/C10H16N6OS/c1-2-17-8-9(11)14-18-10(8)12-4-3-6-16-7-5-13-15-16/h5,7,12H,2-4,6H2,1H3,(H2,11,14). The molecule has 0 saturated carbocycles. The number of nitrogen functional groups attached to an aromatic ring is 1. The summed E-state index contributed by atoms with van der Waals surface area (Å²) in [5, 5.41) is 11.8. The Kier molecular flexibility index (Phi) is 4.35. The van der Waals surface area contributed by atoms with Crippen molar-refractivity contribution in [1.29, 1.82) is 0 Å². The van der Waals surface area contributed by atoms with Gasteiger partial charge < -0.3 is 15.8 Å². The molecule has 0 bridgehead atoms. The third-order valence-corrected chi connectivity index (χ3v) is 3.08. The summed E-state index contributed by atoms with van der Waals surface area (Å²) in [5.41, 5.74) is 5.72. The first-order valence-corrected chi connectivity index (χ1v) is 6.54. The number of nitrogens with two attached hydrogens (primary N) is 1. The van der Waals surface area contributed by atoms with Gasteiger partial charge in [0, 0.05) is 19.3 Å². The Morgan fingerprint density at radius 1 is 1.56 bits per heavy atom. The first-order chi connectivity index (χ1) is 8.81. The molecular weight excluding hydrogens is 252 g/mol. The van der Waals surface area contributed by atoms with Crippen molar-refractivity contribution in [2.75, 3.05) is 24.2 Å². The van der Waals surface area contributed by atoms with Crippen LogP contribution in [0, 0.1) is 0 Å². The second-order valence-corrected chi connectivity index (χ2v) is 4.38. The predicted octanol–water partition coefficient (Wildman–Crippen LogP) is 1.22. The maximum atomic E-state index is 5.72. The van der Waals surface area contributed by atoms with E-state index in [9.17, 15) is 0 Å². The van der Waals surface area contributed by atoms with Gasteiger partial charge in [0.1, 0.15) is 0 Å². The summed E-state index contributed by atoms with van der Waals surface area (Å²) in [6, 6.07) is 0. The molecule has 0 aliphatic carbocycles. The molecule has 0 unspecified atom stereocenters. The molecular formula is C10H16N6OS. The Morgan fingerprint density at radius 3 is 3.17 bits per heavy atom. The molecule has 0 aromatic carbocycles. The van der Waals surface area contributed by atoms with Crippen LogP contribution in [0.3, 0.4) is 0 Å².